The standard InChI is InChI=1S/C31H39N5O3.ClH/c1-30(2,32)28(38)34-26(20-22-21-33-25-13-7-6-12-24(22)25)27(37)35-18-14-31(15-19-35,23-10-4-3-5-11-23)29(39)36-16-8-9-17-36;/h3-7,10-13,21,26,33H,8-9,14-20,32H2,1-2H3,(H,34,38);1H. The van der Waals surface area contributed by atoms with Crippen LogP contribution in [0.4, 0.5) is 0 Å². The lowest BCUT2D eigenvalue weighted by Crippen LogP contribution is -2.59. The number of rotatable bonds is 7. The van der Waals surface area contributed by atoms with Crippen molar-refractivity contribution in [2.75, 3.05) is 26.2 Å². The average molecular weight is 566 g/mol. The minimum absolute atomic E-state index is 0. The fourth-order valence-electron chi connectivity index (χ4n) is 6.00. The first kappa shape index (κ1) is 29.6. The molecule has 1 unspecified atom stereocenters. The molecule has 3 aromatic rings. The lowest BCUT2D eigenvalue weighted by atomic mass is 9.71. The van der Waals surface area contributed by atoms with Gasteiger partial charge in [-0.1, -0.05) is 48.5 Å². The Morgan fingerprint density at radius 3 is 2.23 bits per heavy atom. The maximum atomic E-state index is 14.0. The number of fused-ring (bicyclic) bond motifs is 1. The lowest BCUT2D eigenvalue weighted by Gasteiger charge is -2.43. The largest absolute Gasteiger partial charge is 0.361 e. The summed E-state index contributed by atoms with van der Waals surface area (Å²) in [4.78, 5) is 47.8. The molecule has 40 heavy (non-hydrogen) atoms. The third-order valence-corrected chi connectivity index (χ3v) is 8.35. The minimum Gasteiger partial charge on any atom is -0.361 e. The molecule has 9 heteroatoms. The van der Waals surface area contributed by atoms with Crippen LogP contribution in [0.2, 0.25) is 0 Å². The Morgan fingerprint density at radius 2 is 1.57 bits per heavy atom. The molecule has 5 rings (SSSR count). The number of likely N-dealkylation sites (tertiary alicyclic amines) is 2. The molecule has 0 saturated carbocycles. The number of nitrogens with one attached hydrogen (secondary N) is 2. The van der Waals surface area contributed by atoms with Crippen LogP contribution < -0.4 is 11.1 Å². The fourth-order valence-corrected chi connectivity index (χ4v) is 6.00. The molecule has 2 saturated heterocycles. The van der Waals surface area contributed by atoms with Gasteiger partial charge in [-0.05, 0) is 56.7 Å². The zero-order valence-electron chi connectivity index (χ0n) is 23.3. The number of aromatic amines is 1. The molecule has 0 bridgehead atoms. The van der Waals surface area contributed by atoms with Gasteiger partial charge in [0.05, 0.1) is 11.0 Å². The van der Waals surface area contributed by atoms with E-state index in [2.05, 4.69) is 10.3 Å². The molecule has 214 valence electrons. The number of hydrogen-bond acceptors (Lipinski definition) is 4. The molecule has 1 aromatic heterocycles. The van der Waals surface area contributed by atoms with Crippen molar-refractivity contribution in [1.29, 1.82) is 0 Å². The van der Waals surface area contributed by atoms with E-state index < -0.39 is 17.0 Å². The van der Waals surface area contributed by atoms with Gasteiger partial charge in [-0.15, -0.1) is 12.4 Å². The van der Waals surface area contributed by atoms with E-state index in [0.29, 0.717) is 32.4 Å². The highest BCUT2D eigenvalue weighted by molar-refractivity contribution is 5.93. The Kier molecular flexibility index (Phi) is 8.90. The van der Waals surface area contributed by atoms with Crippen LogP contribution in [0.3, 0.4) is 0 Å². The summed E-state index contributed by atoms with van der Waals surface area (Å²) in [5.74, 6) is -0.347. The smallest absolute Gasteiger partial charge is 0.245 e. The molecule has 8 nitrogen and oxygen atoms in total. The number of hydrogen-bond donors (Lipinski definition) is 3. The second-order valence-corrected chi connectivity index (χ2v) is 11.6. The molecule has 0 aliphatic carbocycles. The Labute approximate surface area is 242 Å². The van der Waals surface area contributed by atoms with Gasteiger partial charge in [-0.25, -0.2) is 0 Å². The van der Waals surface area contributed by atoms with Crippen LogP contribution in [-0.2, 0) is 26.2 Å². The number of halogens is 1. The third-order valence-electron chi connectivity index (χ3n) is 8.35. The van der Waals surface area contributed by atoms with Crippen LogP contribution in [0.5, 0.6) is 0 Å². The summed E-state index contributed by atoms with van der Waals surface area (Å²) in [5.41, 5.74) is 7.27. The summed E-state index contributed by atoms with van der Waals surface area (Å²) in [6.45, 7) is 5.75. The van der Waals surface area contributed by atoms with E-state index in [1.807, 2.05) is 70.6 Å². The average Bonchev–Trinajstić information content (AvgIpc) is 3.63. The van der Waals surface area contributed by atoms with E-state index in [1.165, 1.54) is 0 Å². The molecule has 0 radical (unpaired) electrons. The van der Waals surface area contributed by atoms with Gasteiger partial charge in [0.15, 0.2) is 0 Å². The van der Waals surface area contributed by atoms with Crippen molar-refractivity contribution in [3.8, 4) is 0 Å². The fraction of sp³-hybridized carbons (Fsp3) is 0.452. The van der Waals surface area contributed by atoms with Gasteiger partial charge in [0.1, 0.15) is 6.04 Å². The number of amides is 3. The second kappa shape index (κ2) is 12.0. The third kappa shape index (κ3) is 5.88. The Bertz CT molecular complexity index is 1340. The number of piperidine rings is 1. The normalized spacial score (nSPS) is 17.8. The quantitative estimate of drug-likeness (QED) is 0.407. The molecule has 3 amide bonds. The van der Waals surface area contributed by atoms with Gasteiger partial charge in [0.2, 0.25) is 17.7 Å². The highest BCUT2D eigenvalue weighted by Gasteiger charge is 2.46. The van der Waals surface area contributed by atoms with Crippen LogP contribution in [0.1, 0.15) is 50.7 Å². The van der Waals surface area contributed by atoms with Crippen molar-refractivity contribution in [3.05, 3.63) is 71.9 Å². The Balaban J connectivity index is 0.00000370. The topological polar surface area (TPSA) is 112 Å². The maximum Gasteiger partial charge on any atom is 0.245 e. The van der Waals surface area contributed by atoms with Gasteiger partial charge < -0.3 is 25.8 Å². The van der Waals surface area contributed by atoms with Crippen molar-refractivity contribution in [2.45, 2.75) is 62.9 Å². The van der Waals surface area contributed by atoms with Gasteiger partial charge in [0.25, 0.3) is 0 Å². The molecule has 2 aliphatic rings. The molecular formula is C31H40ClN5O3. The van der Waals surface area contributed by atoms with E-state index in [0.717, 1.165) is 48.0 Å². The highest BCUT2D eigenvalue weighted by atomic mass is 35.5. The van der Waals surface area contributed by atoms with E-state index in [-0.39, 0.29) is 30.1 Å². The molecule has 2 aromatic carbocycles. The lowest BCUT2D eigenvalue weighted by molar-refractivity contribution is -0.143. The summed E-state index contributed by atoms with van der Waals surface area (Å²) < 4.78 is 0. The predicted molar refractivity (Wildman–Crippen MR) is 159 cm³/mol. The summed E-state index contributed by atoms with van der Waals surface area (Å²) in [5, 5.41) is 3.96. The van der Waals surface area contributed by atoms with Crippen LogP contribution in [0, 0.1) is 0 Å². The number of nitrogens with two attached hydrogens (primary N) is 1. The number of para-hydroxylation sites is 1. The van der Waals surface area contributed by atoms with Gasteiger partial charge in [0, 0.05) is 49.7 Å². The first-order valence-electron chi connectivity index (χ1n) is 14.0. The van der Waals surface area contributed by atoms with Gasteiger partial charge in [-0.3, -0.25) is 14.4 Å². The van der Waals surface area contributed by atoms with Gasteiger partial charge >= 0.3 is 0 Å². The SMILES string of the molecule is CC(C)(N)C(=O)NC(Cc1c[nH]c2ccccc12)C(=O)N1CCC(C(=O)N2CCCC2)(c2ccccc2)CC1.Cl. The van der Waals surface area contributed by atoms with Crippen molar-refractivity contribution in [1.82, 2.24) is 20.1 Å². The van der Waals surface area contributed by atoms with Crippen molar-refractivity contribution in [2.24, 2.45) is 5.73 Å². The number of carbonyl (C=O) groups excluding carboxylic acids is 3. The molecule has 4 N–H and O–H groups in total. The molecule has 0 spiro atoms. The number of nitrogens with zero attached hydrogens (tertiary/aromatic N) is 2. The van der Waals surface area contributed by atoms with Crippen molar-refractivity contribution < 1.29 is 14.4 Å². The number of benzene rings is 2. The first-order valence-corrected chi connectivity index (χ1v) is 14.0. The predicted octanol–water partition coefficient (Wildman–Crippen LogP) is 3.54. The summed E-state index contributed by atoms with van der Waals surface area (Å²) in [6.07, 6.45) is 5.41. The van der Waals surface area contributed by atoms with Crippen LogP contribution in [-0.4, -0.2) is 70.3 Å². The first-order chi connectivity index (χ1) is 18.7. The van der Waals surface area contributed by atoms with Crippen molar-refractivity contribution >= 4 is 41.0 Å². The monoisotopic (exact) mass is 565 g/mol. The van der Waals surface area contributed by atoms with Crippen LogP contribution >= 0.6 is 12.4 Å². The molecule has 3 heterocycles. The molecular weight excluding hydrogens is 526 g/mol. The Morgan fingerprint density at radius 1 is 0.950 bits per heavy atom. The molecule has 2 fully saturated rings. The van der Waals surface area contributed by atoms with E-state index >= 15 is 0 Å². The summed E-state index contributed by atoms with van der Waals surface area (Å²) in [6, 6.07) is 17.2. The number of carbonyl (C=O) groups is 3. The van der Waals surface area contributed by atoms with Gasteiger partial charge in [-0.2, -0.15) is 0 Å². The molecule has 2 aliphatic heterocycles. The highest BCUT2D eigenvalue weighted by Crippen LogP contribution is 2.38. The minimum atomic E-state index is -1.12. The van der Waals surface area contributed by atoms with Crippen LogP contribution in [0.15, 0.2) is 60.8 Å². The maximum absolute atomic E-state index is 14.0. The zero-order chi connectivity index (χ0) is 27.6. The number of aromatic nitrogens is 1. The summed E-state index contributed by atoms with van der Waals surface area (Å²) >= 11 is 0. The van der Waals surface area contributed by atoms with E-state index in [1.54, 1.807) is 13.8 Å². The Hall–Kier alpha value is -3.36. The van der Waals surface area contributed by atoms with Crippen molar-refractivity contribution in [3.63, 3.8) is 0 Å². The zero-order valence-corrected chi connectivity index (χ0v) is 24.1. The van der Waals surface area contributed by atoms with Crippen LogP contribution in [0.25, 0.3) is 10.9 Å². The van der Waals surface area contributed by atoms with E-state index in [9.17, 15) is 14.4 Å². The van der Waals surface area contributed by atoms with E-state index in [4.69, 9.17) is 5.73 Å². The number of H-pyrrole nitrogens is 1. The molecule has 1 atom stereocenters. The second-order valence-electron chi connectivity index (χ2n) is 11.6. The summed E-state index contributed by atoms with van der Waals surface area (Å²) in [7, 11) is 0.